The van der Waals surface area contributed by atoms with E-state index in [4.69, 9.17) is 28.4 Å². The van der Waals surface area contributed by atoms with Crippen LogP contribution in [0.5, 0.6) is 0 Å². The van der Waals surface area contributed by atoms with Crippen molar-refractivity contribution in [3.63, 3.8) is 0 Å². The number of fused-ring (bicyclic) bond motifs is 3. The Morgan fingerprint density at radius 1 is 0.870 bits per heavy atom. The fourth-order valence-corrected chi connectivity index (χ4v) is 11.0. The number of hydrogen-bond acceptors (Lipinski definition) is 14. The highest BCUT2D eigenvalue weighted by atomic mass is 31.1. The number of ketones is 3. The molecule has 3 aliphatic heterocycles. The van der Waals surface area contributed by atoms with Gasteiger partial charge in [-0.05, 0) is 114 Å². The lowest BCUT2D eigenvalue weighted by molar-refractivity contribution is -0.265. The van der Waals surface area contributed by atoms with E-state index in [-0.39, 0.29) is 67.3 Å². The largest absolute Gasteiger partial charge is 0.460 e. The fourth-order valence-electron chi connectivity index (χ4n) is 10.5. The molecule has 15 nitrogen and oxygen atoms in total. The zero-order chi connectivity index (χ0) is 51.2. The summed E-state index contributed by atoms with van der Waals surface area (Å²) in [5, 5.41) is 23.5. The van der Waals surface area contributed by atoms with Gasteiger partial charge in [-0.2, -0.15) is 0 Å². The van der Waals surface area contributed by atoms with Gasteiger partial charge in [-0.1, -0.05) is 71.1 Å². The van der Waals surface area contributed by atoms with Crippen LogP contribution in [0.4, 0.5) is 0 Å². The van der Waals surface area contributed by atoms with Crippen molar-refractivity contribution in [1.29, 1.82) is 0 Å². The van der Waals surface area contributed by atoms with Crippen LogP contribution in [0, 0.1) is 35.5 Å². The van der Waals surface area contributed by atoms with E-state index in [1.165, 1.54) is 12.0 Å². The summed E-state index contributed by atoms with van der Waals surface area (Å²) in [5.74, 6) is -8.02. The summed E-state index contributed by atoms with van der Waals surface area (Å²) < 4.78 is 47.6. The van der Waals surface area contributed by atoms with Crippen LogP contribution in [0.3, 0.4) is 0 Å². The van der Waals surface area contributed by atoms with Crippen molar-refractivity contribution in [2.75, 3.05) is 40.9 Å². The molecule has 2 N–H and O–H groups in total. The molecule has 1 saturated carbocycles. The van der Waals surface area contributed by atoms with Crippen LogP contribution in [0.25, 0.3) is 0 Å². The van der Waals surface area contributed by atoms with Crippen molar-refractivity contribution in [2.45, 2.75) is 180 Å². The molecule has 0 aromatic rings. The summed E-state index contributed by atoms with van der Waals surface area (Å²) in [6.45, 7) is 14.4. The molecular formula is C53H84NO14P. The molecule has 0 spiro atoms. The number of carbonyl (C=O) groups is 5. The molecule has 4 aliphatic rings. The summed E-state index contributed by atoms with van der Waals surface area (Å²) in [6.07, 6.45) is 12.0. The second-order valence-electron chi connectivity index (χ2n) is 20.6. The van der Waals surface area contributed by atoms with E-state index < -0.39 is 85.6 Å². The first kappa shape index (κ1) is 58.4. The van der Waals surface area contributed by atoms with Gasteiger partial charge in [0.05, 0.1) is 38.6 Å². The molecule has 4 rings (SSSR count). The summed E-state index contributed by atoms with van der Waals surface area (Å²) in [5.41, 5.74) is 1.26. The van der Waals surface area contributed by atoms with Gasteiger partial charge in [0.1, 0.15) is 30.1 Å². The highest BCUT2D eigenvalue weighted by molar-refractivity contribution is 7.43. The zero-order valence-corrected chi connectivity index (χ0v) is 44.2. The first-order valence-electron chi connectivity index (χ1n) is 25.2. The Bertz CT molecular complexity index is 1900. The minimum absolute atomic E-state index is 0.0137. The third-order valence-electron chi connectivity index (χ3n) is 15.0. The summed E-state index contributed by atoms with van der Waals surface area (Å²) in [7, 11) is 2.75. The molecule has 4 unspecified atom stereocenters. The standard InChI is InChI=1S/C53H84NO14P/c1-32-17-13-12-14-18-33(2)44(63-8)29-40-22-20-38(7)53(61,68-40)50(58)51(59)54-24-16-15-19-41(54)52(60)67-45(35(4)27-39-21-23-43(46(28-39)64-9)66-31-69(11)62)30-42(55)34(3)26-37(6)48(57)49(65-10)47(56)36(5)25-32/h12-14,17-18,26,32,34-36,38-41,43-46,48-49,57,61,69H,15-16,19-25,27-31H2,1-11H3/b14-12+,17-13+,33-18+,37-26+/t32-,34-,35-,36-,38-,39+,40?,41?,43?,44+,45+,46-,48-,49+,53-/m1/s1. The van der Waals surface area contributed by atoms with E-state index in [0.717, 1.165) is 12.0 Å². The second kappa shape index (κ2) is 27.6. The molecule has 0 aromatic carbocycles. The summed E-state index contributed by atoms with van der Waals surface area (Å²) >= 11 is 0. The van der Waals surface area contributed by atoms with E-state index in [9.17, 15) is 38.8 Å². The number of methoxy groups -OCH3 is 3. The minimum Gasteiger partial charge on any atom is -0.460 e. The van der Waals surface area contributed by atoms with Gasteiger partial charge in [-0.3, -0.25) is 19.2 Å². The highest BCUT2D eigenvalue weighted by Gasteiger charge is 2.53. The molecular weight excluding hydrogens is 906 g/mol. The number of cyclic esters (lactones) is 1. The maximum atomic E-state index is 14.5. The number of aliphatic hydroxyl groups excluding tert-OH is 1. The maximum Gasteiger partial charge on any atom is 0.329 e. The minimum atomic E-state index is -2.44. The number of nitrogens with zero attached hydrogens (tertiary/aromatic N) is 1. The molecule has 16 heteroatoms. The van der Waals surface area contributed by atoms with Crippen molar-refractivity contribution in [2.24, 2.45) is 35.5 Å². The molecule has 1 amide bonds. The number of aliphatic hydroxyl groups is 2. The zero-order valence-electron chi connectivity index (χ0n) is 43.2. The Hall–Kier alpha value is -3.14. The number of hydrogen-bond donors (Lipinski definition) is 2. The Morgan fingerprint density at radius 2 is 1.59 bits per heavy atom. The summed E-state index contributed by atoms with van der Waals surface area (Å²) in [4.78, 5) is 72.2. The van der Waals surface area contributed by atoms with Crippen molar-refractivity contribution >= 4 is 37.0 Å². The van der Waals surface area contributed by atoms with Crippen molar-refractivity contribution < 1.29 is 67.2 Å². The van der Waals surface area contributed by atoms with Crippen molar-refractivity contribution in [3.05, 3.63) is 47.6 Å². The number of esters is 1. The Kier molecular flexibility index (Phi) is 23.4. The molecule has 69 heavy (non-hydrogen) atoms. The smallest absolute Gasteiger partial charge is 0.329 e. The average molecular weight is 990 g/mol. The molecule has 16 atom stereocenters. The lowest BCUT2D eigenvalue weighted by Crippen LogP contribution is -2.61. The second-order valence-corrected chi connectivity index (χ2v) is 22.3. The lowest BCUT2D eigenvalue weighted by atomic mass is 9.78. The van der Waals surface area contributed by atoms with Gasteiger partial charge < -0.3 is 48.1 Å². The molecule has 0 radical (unpaired) electrons. The van der Waals surface area contributed by atoms with Gasteiger partial charge in [0.2, 0.25) is 5.79 Å². The third kappa shape index (κ3) is 16.2. The Labute approximate surface area is 411 Å². The normalized spacial score (nSPS) is 39.2. The number of Topliss-reactive ketones (excluding diaryl/α,β-unsaturated/α-hetero) is 3. The van der Waals surface area contributed by atoms with Crippen LogP contribution in [0.1, 0.15) is 126 Å². The molecule has 0 aromatic heterocycles. The first-order chi connectivity index (χ1) is 32.6. The summed E-state index contributed by atoms with van der Waals surface area (Å²) in [6, 6.07) is -1.15. The van der Waals surface area contributed by atoms with E-state index >= 15 is 0 Å². The van der Waals surface area contributed by atoms with Gasteiger partial charge in [0.15, 0.2) is 5.78 Å². The SMILES string of the molecule is CO[C@H]1CC2CC[C@@H](C)[C@@](O)(O2)C(=O)C(=O)N2CCCCC2C(=O)O[C@H]([C@H](C)C[C@@H]2CCC(OC[PH](C)=O)[C@H](OC)C2)CC(=O)[C@H](C)/C=C(\C)[C@@H](O)[C@@H](OC)C(=O)[C@H](C)C[C@H](C)/C=C/C=C/C=C/1C. The quantitative estimate of drug-likeness (QED) is 0.101. The number of piperidine rings is 1. The molecule has 2 bridgehead atoms. The number of allylic oxidation sites excluding steroid dienone is 6. The van der Waals surface area contributed by atoms with E-state index in [2.05, 4.69) is 0 Å². The topological polar surface area (TPSA) is 201 Å². The van der Waals surface area contributed by atoms with Crippen LogP contribution >= 0.6 is 7.80 Å². The van der Waals surface area contributed by atoms with Gasteiger partial charge >= 0.3 is 5.97 Å². The van der Waals surface area contributed by atoms with Gasteiger partial charge in [0.25, 0.3) is 11.7 Å². The van der Waals surface area contributed by atoms with Crippen LogP contribution in [0.15, 0.2) is 47.6 Å². The highest BCUT2D eigenvalue weighted by Crippen LogP contribution is 2.38. The number of ether oxygens (including phenoxy) is 6. The van der Waals surface area contributed by atoms with E-state index in [1.54, 1.807) is 47.7 Å². The fraction of sp³-hybridized carbons (Fsp3) is 0.755. The Morgan fingerprint density at radius 3 is 2.26 bits per heavy atom. The van der Waals surface area contributed by atoms with Crippen LogP contribution in [-0.4, -0.2) is 140 Å². The average Bonchev–Trinajstić information content (AvgIpc) is 3.32. The number of rotatable bonds is 9. The van der Waals surface area contributed by atoms with Gasteiger partial charge in [-0.25, -0.2) is 4.79 Å². The number of carbonyl (C=O) groups excluding carboxylic acids is 5. The monoisotopic (exact) mass is 990 g/mol. The molecule has 1 aliphatic carbocycles. The molecule has 2 saturated heterocycles. The van der Waals surface area contributed by atoms with Crippen LogP contribution < -0.4 is 0 Å². The van der Waals surface area contributed by atoms with Crippen molar-refractivity contribution in [3.8, 4) is 0 Å². The molecule has 390 valence electrons. The van der Waals surface area contributed by atoms with Gasteiger partial charge in [0, 0.05) is 58.5 Å². The van der Waals surface area contributed by atoms with E-state index in [0.29, 0.717) is 63.4 Å². The van der Waals surface area contributed by atoms with Crippen LogP contribution in [-0.2, 0) is 57.0 Å². The lowest BCUT2D eigenvalue weighted by Gasteiger charge is -2.42. The van der Waals surface area contributed by atoms with E-state index in [1.807, 2.05) is 58.1 Å². The maximum absolute atomic E-state index is 14.5. The third-order valence-corrected chi connectivity index (χ3v) is 15.5. The molecule has 3 heterocycles. The predicted octanol–water partition coefficient (Wildman–Crippen LogP) is 7.35. The predicted molar refractivity (Wildman–Crippen MR) is 264 cm³/mol. The van der Waals surface area contributed by atoms with Crippen molar-refractivity contribution in [1.82, 2.24) is 4.90 Å². The van der Waals surface area contributed by atoms with Crippen LogP contribution in [0.2, 0.25) is 0 Å². The van der Waals surface area contributed by atoms with Gasteiger partial charge in [-0.15, -0.1) is 0 Å². The first-order valence-corrected chi connectivity index (χ1v) is 27.4. The Balaban J connectivity index is 1.70. The molecule has 3 fully saturated rings. The number of amides is 1.